The van der Waals surface area contributed by atoms with Crippen molar-refractivity contribution in [1.82, 2.24) is 9.97 Å². The van der Waals surface area contributed by atoms with Gasteiger partial charge >= 0.3 is 5.91 Å². The number of amides is 1. The number of hydrogen-bond donors (Lipinski definition) is 2. The molecule has 2 N–H and O–H groups in total. The molecule has 1 aliphatic rings. The Balaban J connectivity index is 1.72. The third kappa shape index (κ3) is 3.75. The van der Waals surface area contributed by atoms with Gasteiger partial charge in [-0.3, -0.25) is 14.5 Å². The number of aliphatic hydroxyl groups is 1. The molecule has 0 aliphatic carbocycles. The van der Waals surface area contributed by atoms with Crippen LogP contribution in [0.2, 0.25) is 0 Å². The number of imidazole rings is 1. The number of ketones is 1. The largest absolute Gasteiger partial charge is 0.507 e. The number of anilines is 1. The third-order valence-electron chi connectivity index (χ3n) is 6.29. The molecule has 7 heteroatoms. The molecular formula is C28H25N3O4. The first-order valence-corrected chi connectivity index (χ1v) is 11.4. The van der Waals surface area contributed by atoms with Crippen molar-refractivity contribution >= 4 is 34.4 Å². The van der Waals surface area contributed by atoms with Crippen LogP contribution in [-0.2, 0) is 9.59 Å². The van der Waals surface area contributed by atoms with Crippen molar-refractivity contribution in [1.29, 1.82) is 0 Å². The van der Waals surface area contributed by atoms with Gasteiger partial charge in [0.1, 0.15) is 11.5 Å². The molecule has 3 aromatic carbocycles. The summed E-state index contributed by atoms with van der Waals surface area (Å²) < 4.78 is 5.46. The van der Waals surface area contributed by atoms with Crippen LogP contribution in [0.15, 0.2) is 78.4 Å². The molecule has 7 nitrogen and oxygen atoms in total. The number of Topliss-reactive ketones (excluding diaryl/α,β-unsaturated/α-hetero) is 1. The van der Waals surface area contributed by atoms with Gasteiger partial charge in [0.15, 0.2) is 0 Å². The Morgan fingerprint density at radius 1 is 1.03 bits per heavy atom. The van der Waals surface area contributed by atoms with Crippen molar-refractivity contribution in [3.05, 3.63) is 95.1 Å². The second kappa shape index (κ2) is 8.76. The summed E-state index contributed by atoms with van der Waals surface area (Å²) in [6.45, 7) is 4.04. The molecule has 1 saturated heterocycles. The van der Waals surface area contributed by atoms with Gasteiger partial charge in [0.2, 0.25) is 5.95 Å². The summed E-state index contributed by atoms with van der Waals surface area (Å²) in [5.41, 5.74) is 3.45. The first-order valence-electron chi connectivity index (χ1n) is 11.4. The topological polar surface area (TPSA) is 95.5 Å². The Hall–Kier alpha value is -4.39. The predicted molar refractivity (Wildman–Crippen MR) is 134 cm³/mol. The lowest BCUT2D eigenvalue weighted by Crippen LogP contribution is -2.30. The maximum Gasteiger partial charge on any atom is 0.302 e. The quantitative estimate of drug-likeness (QED) is 0.235. The van der Waals surface area contributed by atoms with Gasteiger partial charge in [-0.1, -0.05) is 56.3 Å². The summed E-state index contributed by atoms with van der Waals surface area (Å²) >= 11 is 0. The molecule has 1 fully saturated rings. The molecule has 0 saturated carbocycles. The second-order valence-corrected chi connectivity index (χ2v) is 8.77. The standard InChI is InChI=1S/C28H25N3O4/c1-16(2)19-15-18(13-14-22(19)35-3)25(32)23-24(17-9-5-4-6-10-17)31(27(34)26(23)33)28-29-20-11-7-8-12-21(20)30-28/h4-16,24,32H,1-3H3,(H,29,30)/b25-23+. The molecule has 176 valence electrons. The van der Waals surface area contributed by atoms with Crippen LogP contribution in [-0.4, -0.2) is 33.9 Å². The molecule has 0 spiro atoms. The van der Waals surface area contributed by atoms with Crippen LogP contribution in [0, 0.1) is 0 Å². The van der Waals surface area contributed by atoms with Crippen LogP contribution in [0.1, 0.15) is 42.5 Å². The number of fused-ring (bicyclic) bond motifs is 1. The maximum absolute atomic E-state index is 13.4. The van der Waals surface area contributed by atoms with E-state index in [2.05, 4.69) is 9.97 Å². The van der Waals surface area contributed by atoms with E-state index in [0.717, 1.165) is 11.1 Å². The average molecular weight is 468 g/mol. The van der Waals surface area contributed by atoms with E-state index in [4.69, 9.17) is 4.74 Å². The average Bonchev–Trinajstić information content (AvgIpc) is 3.42. The number of aliphatic hydroxyl groups excluding tert-OH is 1. The monoisotopic (exact) mass is 467 g/mol. The molecule has 2 heterocycles. The molecule has 1 aromatic heterocycles. The molecule has 0 bridgehead atoms. The number of nitrogens with one attached hydrogen (secondary N) is 1. The molecule has 5 rings (SSSR count). The summed E-state index contributed by atoms with van der Waals surface area (Å²) in [6, 6.07) is 21.0. The van der Waals surface area contributed by atoms with Gasteiger partial charge in [0.05, 0.1) is 29.8 Å². The lowest BCUT2D eigenvalue weighted by Gasteiger charge is -2.23. The van der Waals surface area contributed by atoms with E-state index >= 15 is 0 Å². The SMILES string of the molecule is COc1ccc(/C(O)=C2\C(=O)C(=O)N(c3nc4ccccc4[nH]3)C2c2ccccc2)cc1C(C)C. The fraction of sp³-hybridized carbons (Fsp3) is 0.179. The summed E-state index contributed by atoms with van der Waals surface area (Å²) in [4.78, 5) is 35.7. The minimum atomic E-state index is -0.846. The number of carbonyl (C=O) groups excluding carboxylic acids is 2. The van der Waals surface area contributed by atoms with Gasteiger partial charge in [-0.2, -0.15) is 0 Å². The summed E-state index contributed by atoms with van der Waals surface area (Å²) in [7, 11) is 1.59. The molecule has 35 heavy (non-hydrogen) atoms. The number of aromatic nitrogens is 2. The number of aromatic amines is 1. The van der Waals surface area contributed by atoms with Crippen LogP contribution in [0.3, 0.4) is 0 Å². The Labute approximate surface area is 202 Å². The lowest BCUT2D eigenvalue weighted by molar-refractivity contribution is -0.132. The smallest absolute Gasteiger partial charge is 0.302 e. The van der Waals surface area contributed by atoms with E-state index < -0.39 is 17.7 Å². The number of benzene rings is 3. The van der Waals surface area contributed by atoms with E-state index in [1.165, 1.54) is 4.90 Å². The minimum Gasteiger partial charge on any atom is -0.507 e. The number of methoxy groups -OCH3 is 1. The van der Waals surface area contributed by atoms with Crippen LogP contribution < -0.4 is 9.64 Å². The van der Waals surface area contributed by atoms with Crippen molar-refractivity contribution < 1.29 is 19.4 Å². The highest BCUT2D eigenvalue weighted by Gasteiger charge is 2.48. The van der Waals surface area contributed by atoms with Crippen molar-refractivity contribution in [2.45, 2.75) is 25.8 Å². The van der Waals surface area contributed by atoms with Crippen molar-refractivity contribution in [2.24, 2.45) is 0 Å². The third-order valence-corrected chi connectivity index (χ3v) is 6.29. The van der Waals surface area contributed by atoms with E-state index in [9.17, 15) is 14.7 Å². The van der Waals surface area contributed by atoms with E-state index in [1.54, 1.807) is 25.3 Å². The molecule has 1 aliphatic heterocycles. The van der Waals surface area contributed by atoms with E-state index in [1.807, 2.05) is 68.4 Å². The molecule has 4 aromatic rings. The number of hydrogen-bond acceptors (Lipinski definition) is 5. The van der Waals surface area contributed by atoms with E-state index in [0.29, 0.717) is 22.4 Å². The van der Waals surface area contributed by atoms with Gasteiger partial charge in [-0.05, 0) is 47.4 Å². The Bertz CT molecular complexity index is 1440. The zero-order chi connectivity index (χ0) is 24.7. The first-order chi connectivity index (χ1) is 16.9. The van der Waals surface area contributed by atoms with Gasteiger partial charge in [0.25, 0.3) is 5.78 Å². The molecule has 1 amide bonds. The van der Waals surface area contributed by atoms with Gasteiger partial charge < -0.3 is 14.8 Å². The molecule has 1 unspecified atom stereocenters. The fourth-order valence-electron chi connectivity index (χ4n) is 4.54. The molecule has 0 radical (unpaired) electrons. The predicted octanol–water partition coefficient (Wildman–Crippen LogP) is 5.32. The van der Waals surface area contributed by atoms with Crippen molar-refractivity contribution in [2.75, 3.05) is 12.0 Å². The highest BCUT2D eigenvalue weighted by Crippen LogP contribution is 2.42. The van der Waals surface area contributed by atoms with Crippen LogP contribution in [0.4, 0.5) is 5.95 Å². The summed E-state index contributed by atoms with van der Waals surface area (Å²) in [6.07, 6.45) is 0. The van der Waals surface area contributed by atoms with Crippen molar-refractivity contribution in [3.8, 4) is 5.75 Å². The van der Waals surface area contributed by atoms with Gasteiger partial charge in [-0.25, -0.2) is 4.98 Å². The minimum absolute atomic E-state index is 0.0153. The number of para-hydroxylation sites is 2. The Morgan fingerprint density at radius 3 is 2.43 bits per heavy atom. The Morgan fingerprint density at radius 2 is 1.74 bits per heavy atom. The molecular weight excluding hydrogens is 442 g/mol. The van der Waals surface area contributed by atoms with Crippen LogP contribution in [0.5, 0.6) is 5.75 Å². The van der Waals surface area contributed by atoms with Crippen LogP contribution in [0.25, 0.3) is 16.8 Å². The molecule has 1 atom stereocenters. The zero-order valence-corrected chi connectivity index (χ0v) is 19.6. The summed E-state index contributed by atoms with van der Waals surface area (Å²) in [5, 5.41) is 11.4. The number of H-pyrrole nitrogens is 1. The van der Waals surface area contributed by atoms with Crippen LogP contribution >= 0.6 is 0 Å². The van der Waals surface area contributed by atoms with Gasteiger partial charge in [0, 0.05) is 5.56 Å². The number of rotatable bonds is 5. The van der Waals surface area contributed by atoms with E-state index in [-0.39, 0.29) is 23.2 Å². The zero-order valence-electron chi connectivity index (χ0n) is 19.6. The lowest BCUT2D eigenvalue weighted by atomic mass is 9.93. The number of carbonyl (C=O) groups is 2. The normalized spacial score (nSPS) is 17.5. The van der Waals surface area contributed by atoms with Crippen molar-refractivity contribution in [3.63, 3.8) is 0 Å². The second-order valence-electron chi connectivity index (χ2n) is 8.77. The fourth-order valence-corrected chi connectivity index (χ4v) is 4.54. The number of ether oxygens (including phenoxy) is 1. The summed E-state index contributed by atoms with van der Waals surface area (Å²) in [5.74, 6) is -0.686. The highest BCUT2D eigenvalue weighted by molar-refractivity contribution is 6.51. The van der Waals surface area contributed by atoms with Gasteiger partial charge in [-0.15, -0.1) is 0 Å². The highest BCUT2D eigenvalue weighted by atomic mass is 16.5. The maximum atomic E-state index is 13.4. The number of nitrogens with zero attached hydrogens (tertiary/aromatic N) is 2. The first kappa shape index (κ1) is 22.4. The Kier molecular flexibility index (Phi) is 5.61.